The van der Waals surface area contributed by atoms with E-state index in [4.69, 9.17) is 10.2 Å². The number of nitrogens with zero attached hydrogens (tertiary/aromatic N) is 1. The summed E-state index contributed by atoms with van der Waals surface area (Å²) in [5, 5.41) is 0.937. The Labute approximate surface area is 120 Å². The summed E-state index contributed by atoms with van der Waals surface area (Å²) in [6, 6.07) is 11.4. The lowest BCUT2D eigenvalue weighted by molar-refractivity contribution is 0.0781. The van der Waals surface area contributed by atoms with Gasteiger partial charge in [-0.05, 0) is 18.2 Å². The summed E-state index contributed by atoms with van der Waals surface area (Å²) in [6.45, 7) is 0.430. The molecule has 0 atom stereocenters. The summed E-state index contributed by atoms with van der Waals surface area (Å²) in [4.78, 5) is 14.7. The van der Waals surface area contributed by atoms with E-state index in [1.165, 1.54) is 11.3 Å². The minimum absolute atomic E-state index is 0.0832. The molecular formula is C15H14N2O2S. The maximum absolute atomic E-state index is 12.5. The van der Waals surface area contributed by atoms with E-state index in [0.717, 1.165) is 15.8 Å². The van der Waals surface area contributed by atoms with Crippen molar-refractivity contribution in [1.82, 2.24) is 4.90 Å². The second kappa shape index (κ2) is 5.02. The van der Waals surface area contributed by atoms with Gasteiger partial charge in [-0.1, -0.05) is 18.2 Å². The van der Waals surface area contributed by atoms with Crippen LogP contribution >= 0.6 is 11.3 Å². The van der Waals surface area contributed by atoms with Crippen LogP contribution in [0.1, 0.15) is 15.4 Å². The van der Waals surface area contributed by atoms with Crippen molar-refractivity contribution in [3.8, 4) is 0 Å². The molecule has 0 saturated carbocycles. The highest BCUT2D eigenvalue weighted by molar-refractivity contribution is 7.21. The van der Waals surface area contributed by atoms with Crippen molar-refractivity contribution >= 4 is 33.0 Å². The number of nitrogens with two attached hydrogens (primary N) is 1. The topological polar surface area (TPSA) is 59.5 Å². The number of benzene rings is 1. The van der Waals surface area contributed by atoms with Gasteiger partial charge in [0.05, 0.1) is 18.5 Å². The van der Waals surface area contributed by atoms with E-state index >= 15 is 0 Å². The number of thiophene rings is 1. The normalized spacial score (nSPS) is 10.8. The van der Waals surface area contributed by atoms with Crippen LogP contribution in [0, 0.1) is 0 Å². The van der Waals surface area contributed by atoms with Crippen LogP contribution in [0.2, 0.25) is 0 Å². The van der Waals surface area contributed by atoms with Gasteiger partial charge < -0.3 is 15.1 Å². The van der Waals surface area contributed by atoms with Gasteiger partial charge >= 0.3 is 0 Å². The Morgan fingerprint density at radius 2 is 2.10 bits per heavy atom. The van der Waals surface area contributed by atoms with Crippen molar-refractivity contribution in [2.24, 2.45) is 0 Å². The summed E-state index contributed by atoms with van der Waals surface area (Å²) in [7, 11) is 1.74. The number of furan rings is 1. The van der Waals surface area contributed by atoms with Gasteiger partial charge in [-0.3, -0.25) is 4.79 Å². The Kier molecular flexibility index (Phi) is 3.20. The lowest BCUT2D eigenvalue weighted by Gasteiger charge is -2.14. The van der Waals surface area contributed by atoms with Gasteiger partial charge in [0.1, 0.15) is 10.6 Å². The van der Waals surface area contributed by atoms with Gasteiger partial charge in [0, 0.05) is 17.1 Å². The fourth-order valence-corrected chi connectivity index (χ4v) is 3.22. The summed E-state index contributed by atoms with van der Waals surface area (Å²) in [6.07, 6.45) is 1.60. The summed E-state index contributed by atoms with van der Waals surface area (Å²) >= 11 is 1.43. The maximum Gasteiger partial charge on any atom is 0.266 e. The number of carbonyl (C=O) groups is 1. The number of rotatable bonds is 3. The first-order valence-electron chi connectivity index (χ1n) is 6.21. The molecule has 0 unspecified atom stereocenters. The first-order chi connectivity index (χ1) is 9.66. The zero-order valence-corrected chi connectivity index (χ0v) is 11.8. The van der Waals surface area contributed by atoms with Gasteiger partial charge in [0.15, 0.2) is 0 Å². The van der Waals surface area contributed by atoms with Crippen LogP contribution in [0.15, 0.2) is 47.1 Å². The molecule has 0 bridgehead atoms. The standard InChI is InChI=1S/C15H14N2O2S/c1-17(9-10-5-4-8-19-10)15(18)14-13(16)11-6-2-3-7-12(11)20-14/h2-8H,9,16H2,1H3. The number of carbonyl (C=O) groups excluding carboxylic acids is 1. The predicted molar refractivity (Wildman–Crippen MR) is 80.7 cm³/mol. The monoisotopic (exact) mass is 286 g/mol. The zero-order chi connectivity index (χ0) is 14.1. The maximum atomic E-state index is 12.5. The van der Waals surface area contributed by atoms with Crippen molar-refractivity contribution in [2.75, 3.05) is 12.8 Å². The van der Waals surface area contributed by atoms with Gasteiger partial charge in [-0.15, -0.1) is 11.3 Å². The molecule has 0 radical (unpaired) electrons. The van der Waals surface area contributed by atoms with Gasteiger partial charge in [-0.2, -0.15) is 0 Å². The highest BCUT2D eigenvalue weighted by Gasteiger charge is 2.20. The molecule has 2 N–H and O–H groups in total. The van der Waals surface area contributed by atoms with Crippen molar-refractivity contribution in [1.29, 1.82) is 0 Å². The van der Waals surface area contributed by atoms with E-state index in [0.29, 0.717) is 17.1 Å². The molecule has 102 valence electrons. The van der Waals surface area contributed by atoms with Crippen molar-refractivity contribution in [2.45, 2.75) is 6.54 Å². The molecule has 0 spiro atoms. The molecule has 1 aromatic carbocycles. The SMILES string of the molecule is CN(Cc1ccco1)C(=O)c1sc2ccccc2c1N. The first kappa shape index (κ1) is 12.7. The highest BCUT2D eigenvalue weighted by atomic mass is 32.1. The number of anilines is 1. The molecule has 0 aliphatic carbocycles. The molecule has 3 aromatic rings. The fraction of sp³-hybridized carbons (Fsp3) is 0.133. The van der Waals surface area contributed by atoms with E-state index in [1.807, 2.05) is 30.3 Å². The highest BCUT2D eigenvalue weighted by Crippen LogP contribution is 2.34. The lowest BCUT2D eigenvalue weighted by atomic mass is 10.2. The molecule has 0 aliphatic rings. The van der Waals surface area contributed by atoms with Crippen molar-refractivity contribution in [3.63, 3.8) is 0 Å². The van der Waals surface area contributed by atoms with Crippen LogP contribution in [0.5, 0.6) is 0 Å². The van der Waals surface area contributed by atoms with Crippen LogP contribution in [0.3, 0.4) is 0 Å². The summed E-state index contributed by atoms with van der Waals surface area (Å²) < 4.78 is 6.29. The van der Waals surface area contributed by atoms with Gasteiger partial charge in [0.25, 0.3) is 5.91 Å². The molecule has 1 amide bonds. The Morgan fingerprint density at radius 1 is 1.30 bits per heavy atom. The van der Waals surface area contributed by atoms with Crippen LogP contribution in [0.25, 0.3) is 10.1 Å². The number of nitrogen functional groups attached to an aromatic ring is 1. The third kappa shape index (κ3) is 2.16. The largest absolute Gasteiger partial charge is 0.467 e. The van der Waals surface area contributed by atoms with Gasteiger partial charge in [-0.25, -0.2) is 0 Å². The van der Waals surface area contributed by atoms with E-state index in [1.54, 1.807) is 24.3 Å². The third-order valence-corrected chi connectivity index (χ3v) is 4.32. The Bertz CT molecular complexity index is 746. The van der Waals surface area contributed by atoms with E-state index in [2.05, 4.69) is 0 Å². The lowest BCUT2D eigenvalue weighted by Crippen LogP contribution is -2.25. The fourth-order valence-electron chi connectivity index (χ4n) is 2.11. The number of hydrogen-bond acceptors (Lipinski definition) is 4. The molecule has 2 heterocycles. The van der Waals surface area contributed by atoms with Crippen LogP contribution < -0.4 is 5.73 Å². The van der Waals surface area contributed by atoms with Crippen LogP contribution in [-0.4, -0.2) is 17.9 Å². The minimum Gasteiger partial charge on any atom is -0.467 e. The Hall–Kier alpha value is -2.27. The predicted octanol–water partition coefficient (Wildman–Crippen LogP) is 3.35. The second-order valence-corrected chi connectivity index (χ2v) is 5.63. The van der Waals surface area contributed by atoms with Gasteiger partial charge in [0.2, 0.25) is 0 Å². The third-order valence-electron chi connectivity index (χ3n) is 3.15. The molecule has 4 nitrogen and oxygen atoms in total. The van der Waals surface area contributed by atoms with Crippen molar-refractivity contribution < 1.29 is 9.21 Å². The number of fused-ring (bicyclic) bond motifs is 1. The van der Waals surface area contributed by atoms with Crippen LogP contribution in [0.4, 0.5) is 5.69 Å². The number of hydrogen-bond donors (Lipinski definition) is 1. The first-order valence-corrected chi connectivity index (χ1v) is 7.03. The quantitative estimate of drug-likeness (QED) is 0.803. The van der Waals surface area contributed by atoms with Crippen molar-refractivity contribution in [3.05, 3.63) is 53.3 Å². The molecule has 3 rings (SSSR count). The number of amides is 1. The average molecular weight is 286 g/mol. The Balaban J connectivity index is 1.90. The zero-order valence-electron chi connectivity index (χ0n) is 11.0. The molecule has 2 aromatic heterocycles. The van der Waals surface area contributed by atoms with E-state index < -0.39 is 0 Å². The molecule has 0 aliphatic heterocycles. The molecule has 0 fully saturated rings. The summed E-state index contributed by atoms with van der Waals surface area (Å²) in [5.41, 5.74) is 6.65. The van der Waals surface area contributed by atoms with E-state index in [-0.39, 0.29) is 5.91 Å². The Morgan fingerprint density at radius 3 is 2.80 bits per heavy atom. The molecule has 0 saturated heterocycles. The summed E-state index contributed by atoms with van der Waals surface area (Å²) in [5.74, 6) is 0.667. The molecular weight excluding hydrogens is 272 g/mol. The second-order valence-electron chi connectivity index (χ2n) is 4.58. The van der Waals surface area contributed by atoms with Crippen LogP contribution in [-0.2, 0) is 6.54 Å². The minimum atomic E-state index is -0.0832. The smallest absolute Gasteiger partial charge is 0.266 e. The molecule has 20 heavy (non-hydrogen) atoms. The van der Waals surface area contributed by atoms with E-state index in [9.17, 15) is 4.79 Å². The average Bonchev–Trinajstić information content (AvgIpc) is 3.07. The molecule has 5 heteroatoms.